The summed E-state index contributed by atoms with van der Waals surface area (Å²) < 4.78 is 5.73. The molecule has 1 fully saturated rings. The molecule has 0 radical (unpaired) electrons. The number of halogens is 2. The number of ether oxygens (including phenoxy) is 1. The fourth-order valence-corrected chi connectivity index (χ4v) is 3.86. The highest BCUT2D eigenvalue weighted by molar-refractivity contribution is 6.31. The largest absolute Gasteiger partial charge is 0.493 e. The van der Waals surface area contributed by atoms with Crippen LogP contribution in [-0.2, 0) is 6.42 Å². The van der Waals surface area contributed by atoms with Gasteiger partial charge >= 0.3 is 0 Å². The predicted octanol–water partition coefficient (Wildman–Crippen LogP) is 5.14. The molecular formula is C15H18Cl2O. The molecule has 1 heterocycles. The number of hydrogen-bond acceptors (Lipinski definition) is 1. The second kappa shape index (κ2) is 5.30. The molecule has 0 N–H and O–H groups in total. The minimum absolute atomic E-state index is 0.0404. The summed E-state index contributed by atoms with van der Waals surface area (Å²) in [4.78, 5) is 0. The van der Waals surface area contributed by atoms with Crippen LogP contribution < -0.4 is 4.74 Å². The van der Waals surface area contributed by atoms with Crippen molar-refractivity contribution in [3.63, 3.8) is 0 Å². The molecule has 1 aromatic rings. The Hall–Kier alpha value is -0.400. The van der Waals surface area contributed by atoms with Crippen LogP contribution in [0.2, 0.25) is 5.02 Å². The first-order valence-electron chi connectivity index (χ1n) is 6.83. The van der Waals surface area contributed by atoms with Crippen molar-refractivity contribution in [3.05, 3.63) is 28.3 Å². The normalized spacial score (nSPS) is 20.8. The summed E-state index contributed by atoms with van der Waals surface area (Å²) in [5.41, 5.74) is 2.32. The van der Waals surface area contributed by atoms with Crippen LogP contribution in [0.3, 0.4) is 0 Å². The van der Waals surface area contributed by atoms with Crippen LogP contribution in [0.25, 0.3) is 0 Å². The summed E-state index contributed by atoms with van der Waals surface area (Å²) >= 11 is 12.8. The highest BCUT2D eigenvalue weighted by atomic mass is 35.5. The SMILES string of the molecule is Clc1cc2c(c(C(Cl)CC3CCCC3)c1)OCC2. The Balaban J connectivity index is 1.82. The van der Waals surface area contributed by atoms with Crippen molar-refractivity contribution in [2.24, 2.45) is 5.92 Å². The molecule has 0 bridgehead atoms. The third-order valence-electron chi connectivity index (χ3n) is 4.13. The lowest BCUT2D eigenvalue weighted by Gasteiger charge is -2.17. The van der Waals surface area contributed by atoms with Gasteiger partial charge in [-0.3, -0.25) is 0 Å². The predicted molar refractivity (Wildman–Crippen MR) is 75.8 cm³/mol. The van der Waals surface area contributed by atoms with E-state index in [0.29, 0.717) is 0 Å². The van der Waals surface area contributed by atoms with E-state index < -0.39 is 0 Å². The van der Waals surface area contributed by atoms with Crippen molar-refractivity contribution in [2.75, 3.05) is 6.61 Å². The molecule has 98 valence electrons. The van der Waals surface area contributed by atoms with Gasteiger partial charge in [-0.1, -0.05) is 37.3 Å². The van der Waals surface area contributed by atoms with Crippen LogP contribution in [0.15, 0.2) is 12.1 Å². The molecule has 0 amide bonds. The molecule has 1 saturated carbocycles. The van der Waals surface area contributed by atoms with Crippen LogP contribution in [0.4, 0.5) is 0 Å². The van der Waals surface area contributed by atoms with Gasteiger partial charge in [0, 0.05) is 17.0 Å². The minimum Gasteiger partial charge on any atom is -0.493 e. The lowest BCUT2D eigenvalue weighted by atomic mass is 9.96. The van der Waals surface area contributed by atoms with Crippen molar-refractivity contribution in [1.82, 2.24) is 0 Å². The van der Waals surface area contributed by atoms with Crippen molar-refractivity contribution in [3.8, 4) is 5.75 Å². The van der Waals surface area contributed by atoms with E-state index in [0.717, 1.165) is 41.7 Å². The zero-order chi connectivity index (χ0) is 12.5. The fourth-order valence-electron chi connectivity index (χ4n) is 3.20. The second-order valence-electron chi connectivity index (χ2n) is 5.44. The Bertz CT molecular complexity index is 438. The van der Waals surface area contributed by atoms with Crippen LogP contribution in [-0.4, -0.2) is 6.61 Å². The number of rotatable bonds is 3. The van der Waals surface area contributed by atoms with Crippen LogP contribution in [0.5, 0.6) is 5.75 Å². The van der Waals surface area contributed by atoms with E-state index >= 15 is 0 Å². The molecule has 1 aliphatic carbocycles. The van der Waals surface area contributed by atoms with Gasteiger partial charge in [0.1, 0.15) is 5.75 Å². The zero-order valence-corrected chi connectivity index (χ0v) is 11.9. The van der Waals surface area contributed by atoms with Crippen LogP contribution in [0, 0.1) is 5.92 Å². The van der Waals surface area contributed by atoms with Gasteiger partial charge in [0.2, 0.25) is 0 Å². The quantitative estimate of drug-likeness (QED) is 0.699. The Kier molecular flexibility index (Phi) is 3.72. The van der Waals surface area contributed by atoms with Crippen molar-refractivity contribution >= 4 is 23.2 Å². The highest BCUT2D eigenvalue weighted by Gasteiger charge is 2.25. The molecule has 2 aliphatic rings. The van der Waals surface area contributed by atoms with Gasteiger partial charge in [0.25, 0.3) is 0 Å². The minimum atomic E-state index is 0.0404. The van der Waals surface area contributed by atoms with Gasteiger partial charge in [-0.15, -0.1) is 11.6 Å². The second-order valence-corrected chi connectivity index (χ2v) is 6.40. The molecular weight excluding hydrogens is 267 g/mol. The molecule has 1 aromatic carbocycles. The number of hydrogen-bond donors (Lipinski definition) is 0. The number of benzene rings is 1. The number of alkyl halides is 1. The molecule has 1 aliphatic heterocycles. The maximum Gasteiger partial charge on any atom is 0.127 e. The average molecular weight is 285 g/mol. The third-order valence-corrected chi connectivity index (χ3v) is 4.76. The summed E-state index contributed by atoms with van der Waals surface area (Å²) in [6.45, 7) is 0.760. The Morgan fingerprint density at radius 2 is 2.06 bits per heavy atom. The van der Waals surface area contributed by atoms with Crippen LogP contribution in [0.1, 0.15) is 48.6 Å². The van der Waals surface area contributed by atoms with E-state index in [4.69, 9.17) is 27.9 Å². The summed E-state index contributed by atoms with van der Waals surface area (Å²) in [5.74, 6) is 1.78. The first-order valence-corrected chi connectivity index (χ1v) is 7.64. The lowest BCUT2D eigenvalue weighted by Crippen LogP contribution is -2.02. The van der Waals surface area contributed by atoms with E-state index in [1.54, 1.807) is 0 Å². The monoisotopic (exact) mass is 284 g/mol. The van der Waals surface area contributed by atoms with Crippen molar-refractivity contribution in [1.29, 1.82) is 0 Å². The average Bonchev–Trinajstić information content (AvgIpc) is 2.97. The van der Waals surface area contributed by atoms with E-state index in [1.165, 1.54) is 31.2 Å². The summed E-state index contributed by atoms with van der Waals surface area (Å²) in [6, 6.07) is 3.99. The summed E-state index contributed by atoms with van der Waals surface area (Å²) in [6.07, 6.45) is 7.38. The van der Waals surface area contributed by atoms with Gasteiger partial charge in [-0.25, -0.2) is 0 Å². The molecule has 0 aromatic heterocycles. The van der Waals surface area contributed by atoms with E-state index in [9.17, 15) is 0 Å². The van der Waals surface area contributed by atoms with Gasteiger partial charge in [0.05, 0.1) is 12.0 Å². The molecule has 1 unspecified atom stereocenters. The van der Waals surface area contributed by atoms with E-state index in [-0.39, 0.29) is 5.38 Å². The number of fused-ring (bicyclic) bond motifs is 1. The molecule has 1 nitrogen and oxygen atoms in total. The molecule has 0 spiro atoms. The molecule has 0 saturated heterocycles. The lowest BCUT2D eigenvalue weighted by molar-refractivity contribution is 0.351. The molecule has 1 atom stereocenters. The molecule has 3 rings (SSSR count). The van der Waals surface area contributed by atoms with Crippen molar-refractivity contribution < 1.29 is 4.74 Å². The highest BCUT2D eigenvalue weighted by Crippen LogP contribution is 2.43. The first-order chi connectivity index (χ1) is 8.74. The zero-order valence-electron chi connectivity index (χ0n) is 10.4. The standard InChI is InChI=1S/C15H18Cl2O/c16-12-8-11-5-6-18-15(11)13(9-12)14(17)7-10-3-1-2-4-10/h8-10,14H,1-7H2. The Morgan fingerprint density at radius 3 is 2.83 bits per heavy atom. The fraction of sp³-hybridized carbons (Fsp3) is 0.600. The summed E-state index contributed by atoms with van der Waals surface area (Å²) in [7, 11) is 0. The third kappa shape index (κ3) is 2.48. The summed E-state index contributed by atoms with van der Waals surface area (Å²) in [5, 5.41) is 0.824. The van der Waals surface area contributed by atoms with Gasteiger partial charge in [0.15, 0.2) is 0 Å². The first kappa shape index (κ1) is 12.6. The van der Waals surface area contributed by atoms with Gasteiger partial charge in [-0.05, 0) is 30.0 Å². The Labute approximate surface area is 118 Å². The molecule has 18 heavy (non-hydrogen) atoms. The smallest absolute Gasteiger partial charge is 0.127 e. The van der Waals surface area contributed by atoms with Gasteiger partial charge < -0.3 is 4.74 Å². The van der Waals surface area contributed by atoms with E-state index in [1.807, 2.05) is 12.1 Å². The maximum atomic E-state index is 6.60. The van der Waals surface area contributed by atoms with Crippen molar-refractivity contribution in [2.45, 2.75) is 43.9 Å². The Morgan fingerprint density at radius 1 is 1.28 bits per heavy atom. The topological polar surface area (TPSA) is 9.23 Å². The van der Waals surface area contributed by atoms with Gasteiger partial charge in [-0.2, -0.15) is 0 Å². The maximum absolute atomic E-state index is 6.60. The van der Waals surface area contributed by atoms with Crippen LogP contribution >= 0.6 is 23.2 Å². The van der Waals surface area contributed by atoms with E-state index in [2.05, 4.69) is 0 Å². The molecule has 3 heteroatoms.